The Balaban J connectivity index is 2.28. The van der Waals surface area contributed by atoms with Crippen molar-refractivity contribution in [3.8, 4) is 17.5 Å². The number of pyridine rings is 2. The molecule has 0 atom stereocenters. The van der Waals surface area contributed by atoms with E-state index >= 15 is 0 Å². The Hall–Kier alpha value is -3.27. The van der Waals surface area contributed by atoms with E-state index < -0.39 is 4.92 Å². The number of hydrogen-bond donors (Lipinski definition) is 0. The molecule has 0 bridgehead atoms. The van der Waals surface area contributed by atoms with E-state index in [1.54, 1.807) is 28.8 Å². The van der Waals surface area contributed by atoms with E-state index in [2.05, 4.69) is 16.0 Å². The Morgan fingerprint density at radius 1 is 1.33 bits per heavy atom. The first-order valence-electron chi connectivity index (χ1n) is 6.14. The number of fused-ring (bicyclic) bond motifs is 1. The van der Waals surface area contributed by atoms with Crippen LogP contribution in [0.2, 0.25) is 0 Å². The fourth-order valence-corrected chi connectivity index (χ4v) is 2.14. The van der Waals surface area contributed by atoms with Crippen molar-refractivity contribution in [2.45, 2.75) is 6.42 Å². The molecule has 102 valence electrons. The highest BCUT2D eigenvalue weighted by atomic mass is 16.6. The Labute approximate surface area is 119 Å². The normalized spacial score (nSPS) is 10.4. The van der Waals surface area contributed by atoms with Crippen LogP contribution in [0.15, 0.2) is 42.7 Å². The second-order valence-electron chi connectivity index (χ2n) is 4.33. The predicted octanol–water partition coefficient (Wildman–Crippen LogP) is 2.37. The van der Waals surface area contributed by atoms with Gasteiger partial charge in [-0.05, 0) is 18.2 Å². The summed E-state index contributed by atoms with van der Waals surface area (Å²) in [5, 5.41) is 19.9. The molecule has 3 rings (SSSR count). The molecule has 3 aromatic heterocycles. The van der Waals surface area contributed by atoms with E-state index in [1.165, 1.54) is 12.3 Å². The van der Waals surface area contributed by atoms with E-state index in [0.29, 0.717) is 22.7 Å². The van der Waals surface area contributed by atoms with E-state index in [1.807, 2.05) is 6.07 Å². The lowest BCUT2D eigenvalue weighted by molar-refractivity contribution is -0.385. The Morgan fingerprint density at radius 3 is 2.86 bits per heavy atom. The predicted molar refractivity (Wildman–Crippen MR) is 74.4 cm³/mol. The van der Waals surface area contributed by atoms with Crippen LogP contribution in [-0.4, -0.2) is 19.3 Å². The molecule has 0 amide bonds. The zero-order chi connectivity index (χ0) is 14.8. The molecule has 0 saturated carbocycles. The minimum atomic E-state index is -0.476. The molecule has 0 aromatic carbocycles. The van der Waals surface area contributed by atoms with Crippen LogP contribution in [0.25, 0.3) is 17.0 Å². The Kier molecular flexibility index (Phi) is 3.04. The number of hydrogen-bond acceptors (Lipinski definition) is 5. The summed E-state index contributed by atoms with van der Waals surface area (Å²) >= 11 is 0. The quantitative estimate of drug-likeness (QED) is 0.541. The first kappa shape index (κ1) is 12.7. The summed E-state index contributed by atoms with van der Waals surface area (Å²) in [6.45, 7) is 0. The van der Waals surface area contributed by atoms with Crippen molar-refractivity contribution in [1.82, 2.24) is 14.4 Å². The lowest BCUT2D eigenvalue weighted by atomic mass is 10.2. The number of rotatable bonds is 3. The van der Waals surface area contributed by atoms with E-state index in [-0.39, 0.29) is 12.1 Å². The molecular formula is C14H9N5O2. The lowest BCUT2D eigenvalue weighted by Gasteiger charge is -2.00. The number of nitrogens with zero attached hydrogens (tertiary/aromatic N) is 5. The van der Waals surface area contributed by atoms with Gasteiger partial charge in [-0.25, -0.2) is 4.98 Å². The zero-order valence-electron chi connectivity index (χ0n) is 10.8. The van der Waals surface area contributed by atoms with Crippen molar-refractivity contribution in [3.63, 3.8) is 0 Å². The van der Waals surface area contributed by atoms with Crippen LogP contribution in [0.5, 0.6) is 0 Å². The molecule has 3 heterocycles. The number of nitro groups is 1. The highest BCUT2D eigenvalue weighted by molar-refractivity contribution is 5.64. The first-order chi connectivity index (χ1) is 10.2. The summed E-state index contributed by atoms with van der Waals surface area (Å²) in [7, 11) is 0. The smallest absolute Gasteiger partial charge is 0.286 e. The lowest BCUT2D eigenvalue weighted by Crippen LogP contribution is -1.96. The molecule has 7 heteroatoms. The SMILES string of the molecule is N#CCc1c(-c2ccccn2)nc2ccc([N+](=O)[O-])cn12. The first-order valence-corrected chi connectivity index (χ1v) is 6.14. The van der Waals surface area contributed by atoms with Crippen LogP contribution >= 0.6 is 0 Å². The van der Waals surface area contributed by atoms with Crippen LogP contribution < -0.4 is 0 Å². The van der Waals surface area contributed by atoms with Gasteiger partial charge in [-0.1, -0.05) is 6.07 Å². The third-order valence-corrected chi connectivity index (χ3v) is 3.07. The van der Waals surface area contributed by atoms with Crippen molar-refractivity contribution >= 4 is 11.3 Å². The average molecular weight is 279 g/mol. The van der Waals surface area contributed by atoms with Gasteiger partial charge >= 0.3 is 0 Å². The molecule has 0 fully saturated rings. The molecule has 21 heavy (non-hydrogen) atoms. The fourth-order valence-electron chi connectivity index (χ4n) is 2.14. The highest BCUT2D eigenvalue weighted by Gasteiger charge is 2.17. The van der Waals surface area contributed by atoms with Gasteiger partial charge < -0.3 is 0 Å². The second kappa shape index (κ2) is 5.02. The van der Waals surface area contributed by atoms with Gasteiger partial charge in [-0.3, -0.25) is 19.5 Å². The summed E-state index contributed by atoms with van der Waals surface area (Å²) in [5.74, 6) is 0. The average Bonchev–Trinajstić information content (AvgIpc) is 2.86. The van der Waals surface area contributed by atoms with Gasteiger partial charge in [0.25, 0.3) is 5.69 Å². The molecule has 7 nitrogen and oxygen atoms in total. The van der Waals surface area contributed by atoms with E-state index in [9.17, 15) is 10.1 Å². The standard InChI is InChI=1S/C14H9N5O2/c15-7-6-12-14(11-3-1-2-8-16-11)17-13-5-4-10(19(20)21)9-18(12)13/h1-5,8-9H,6H2. The molecule has 0 aliphatic heterocycles. The van der Waals surface area contributed by atoms with Crippen LogP contribution in [0.3, 0.4) is 0 Å². The van der Waals surface area contributed by atoms with Gasteiger partial charge in [0.05, 0.1) is 35.0 Å². The zero-order valence-corrected chi connectivity index (χ0v) is 10.8. The molecule has 0 N–H and O–H groups in total. The molecule has 0 saturated heterocycles. The minimum Gasteiger partial charge on any atom is -0.295 e. The van der Waals surface area contributed by atoms with Crippen LogP contribution in [0.4, 0.5) is 5.69 Å². The number of imidazole rings is 1. The third-order valence-electron chi connectivity index (χ3n) is 3.07. The molecule has 3 aromatic rings. The molecule has 0 spiro atoms. The van der Waals surface area contributed by atoms with Crippen molar-refractivity contribution in [2.75, 3.05) is 0 Å². The topological polar surface area (TPSA) is 97.1 Å². The van der Waals surface area contributed by atoms with Gasteiger partial charge in [-0.15, -0.1) is 0 Å². The molecule has 0 unspecified atom stereocenters. The Bertz CT molecular complexity index is 864. The summed E-state index contributed by atoms with van der Waals surface area (Å²) in [4.78, 5) is 19.1. The molecule has 0 radical (unpaired) electrons. The van der Waals surface area contributed by atoms with E-state index in [0.717, 1.165) is 0 Å². The molecular weight excluding hydrogens is 270 g/mol. The monoisotopic (exact) mass is 279 g/mol. The second-order valence-corrected chi connectivity index (χ2v) is 4.33. The summed E-state index contributed by atoms with van der Waals surface area (Å²) < 4.78 is 1.57. The van der Waals surface area contributed by atoms with Gasteiger partial charge in [0, 0.05) is 12.3 Å². The van der Waals surface area contributed by atoms with Gasteiger partial charge in [0.2, 0.25) is 0 Å². The van der Waals surface area contributed by atoms with Crippen molar-refractivity contribution in [2.24, 2.45) is 0 Å². The summed E-state index contributed by atoms with van der Waals surface area (Å²) in [6.07, 6.45) is 3.10. The van der Waals surface area contributed by atoms with Crippen molar-refractivity contribution in [3.05, 3.63) is 58.5 Å². The molecule has 0 aliphatic carbocycles. The van der Waals surface area contributed by atoms with Crippen LogP contribution in [0.1, 0.15) is 5.69 Å². The maximum atomic E-state index is 10.9. The number of nitriles is 1. The fraction of sp³-hybridized carbons (Fsp3) is 0.0714. The van der Waals surface area contributed by atoms with E-state index in [4.69, 9.17) is 5.26 Å². The van der Waals surface area contributed by atoms with Crippen LogP contribution in [0, 0.1) is 21.4 Å². The Morgan fingerprint density at radius 2 is 2.19 bits per heavy atom. The molecule has 0 aliphatic rings. The van der Waals surface area contributed by atoms with Crippen LogP contribution in [-0.2, 0) is 6.42 Å². The largest absolute Gasteiger partial charge is 0.295 e. The van der Waals surface area contributed by atoms with Gasteiger partial charge in [0.1, 0.15) is 11.3 Å². The van der Waals surface area contributed by atoms with Gasteiger partial charge in [0.15, 0.2) is 0 Å². The maximum Gasteiger partial charge on any atom is 0.286 e. The summed E-state index contributed by atoms with van der Waals surface area (Å²) in [5.41, 5.74) is 2.29. The minimum absolute atomic E-state index is 0.0494. The number of aromatic nitrogens is 3. The maximum absolute atomic E-state index is 10.9. The third kappa shape index (κ3) is 2.19. The highest BCUT2D eigenvalue weighted by Crippen LogP contribution is 2.25. The van der Waals surface area contributed by atoms with Gasteiger partial charge in [-0.2, -0.15) is 5.26 Å². The van der Waals surface area contributed by atoms with Crippen molar-refractivity contribution in [1.29, 1.82) is 5.26 Å². The summed E-state index contributed by atoms with van der Waals surface area (Å²) in [6, 6.07) is 10.4. The van der Waals surface area contributed by atoms with Crippen molar-refractivity contribution < 1.29 is 4.92 Å².